The number of carbonyl (C=O) groups is 1. The second-order valence-corrected chi connectivity index (χ2v) is 5.96. The van der Waals surface area contributed by atoms with Crippen LogP contribution in [-0.4, -0.2) is 31.7 Å². The predicted octanol–water partition coefficient (Wildman–Crippen LogP) is 2.49. The molecule has 0 aromatic heterocycles. The summed E-state index contributed by atoms with van der Waals surface area (Å²) < 4.78 is 11.0. The highest BCUT2D eigenvalue weighted by molar-refractivity contribution is 5.76. The van der Waals surface area contributed by atoms with Gasteiger partial charge in [0.25, 0.3) is 0 Å². The average Bonchev–Trinajstić information content (AvgIpc) is 3.00. The molecule has 128 valence electrons. The van der Waals surface area contributed by atoms with E-state index in [1.807, 2.05) is 31.2 Å². The lowest BCUT2D eigenvalue weighted by Gasteiger charge is -2.19. The highest BCUT2D eigenvalue weighted by Gasteiger charge is 2.26. The Kier molecular flexibility index (Phi) is 7.20. The first kappa shape index (κ1) is 17.6. The maximum Gasteiger partial charge on any atom is 0.220 e. The molecule has 5 nitrogen and oxygen atoms in total. The van der Waals surface area contributed by atoms with Crippen LogP contribution in [0, 0.1) is 5.92 Å². The Labute approximate surface area is 138 Å². The zero-order valence-electron chi connectivity index (χ0n) is 13.9. The first-order chi connectivity index (χ1) is 11.2. The summed E-state index contributed by atoms with van der Waals surface area (Å²) in [6, 6.07) is 7.81. The molecule has 5 heteroatoms. The number of ether oxygens (including phenoxy) is 2. The van der Waals surface area contributed by atoms with Gasteiger partial charge in [-0.05, 0) is 62.9 Å². The van der Waals surface area contributed by atoms with E-state index in [1.54, 1.807) is 0 Å². The lowest BCUT2D eigenvalue weighted by molar-refractivity contribution is -0.122. The van der Waals surface area contributed by atoms with Crippen molar-refractivity contribution in [3.8, 4) is 11.5 Å². The number of nitrogens with one attached hydrogen (secondary N) is 1. The summed E-state index contributed by atoms with van der Waals surface area (Å²) in [5, 5.41) is 3.11. The molecule has 1 aliphatic rings. The predicted molar refractivity (Wildman–Crippen MR) is 90.7 cm³/mol. The fourth-order valence-corrected chi connectivity index (χ4v) is 3.01. The molecule has 0 spiro atoms. The molecule has 1 saturated carbocycles. The maximum atomic E-state index is 12.0. The molecule has 0 bridgehead atoms. The van der Waals surface area contributed by atoms with Crippen molar-refractivity contribution in [2.24, 2.45) is 11.7 Å². The van der Waals surface area contributed by atoms with Gasteiger partial charge >= 0.3 is 0 Å². The van der Waals surface area contributed by atoms with E-state index < -0.39 is 0 Å². The number of carbonyl (C=O) groups excluding carboxylic acids is 1. The van der Waals surface area contributed by atoms with Crippen LogP contribution < -0.4 is 20.5 Å². The van der Waals surface area contributed by atoms with Gasteiger partial charge in [0.2, 0.25) is 5.91 Å². The first-order valence-corrected chi connectivity index (χ1v) is 8.58. The molecular weight excluding hydrogens is 292 g/mol. The summed E-state index contributed by atoms with van der Waals surface area (Å²) in [6.45, 7) is 3.80. The molecule has 0 aliphatic heterocycles. The van der Waals surface area contributed by atoms with E-state index in [0.29, 0.717) is 38.5 Å². The molecule has 23 heavy (non-hydrogen) atoms. The van der Waals surface area contributed by atoms with Gasteiger partial charge in [-0.2, -0.15) is 0 Å². The van der Waals surface area contributed by atoms with Crippen molar-refractivity contribution in [3.63, 3.8) is 0 Å². The molecule has 0 radical (unpaired) electrons. The summed E-state index contributed by atoms with van der Waals surface area (Å²) >= 11 is 0. The Hall–Kier alpha value is -1.75. The number of hydrogen-bond acceptors (Lipinski definition) is 4. The van der Waals surface area contributed by atoms with E-state index in [1.165, 1.54) is 0 Å². The zero-order valence-corrected chi connectivity index (χ0v) is 13.9. The van der Waals surface area contributed by atoms with Crippen LogP contribution in [0.5, 0.6) is 11.5 Å². The van der Waals surface area contributed by atoms with Gasteiger partial charge in [-0.3, -0.25) is 4.79 Å². The highest BCUT2D eigenvalue weighted by atomic mass is 16.5. The van der Waals surface area contributed by atoms with E-state index in [0.717, 1.165) is 30.8 Å². The molecule has 1 aromatic rings. The monoisotopic (exact) mass is 320 g/mol. The molecule has 0 saturated heterocycles. The molecule has 0 heterocycles. The zero-order chi connectivity index (χ0) is 16.5. The van der Waals surface area contributed by atoms with Crippen molar-refractivity contribution in [2.75, 3.05) is 19.8 Å². The molecule has 2 atom stereocenters. The second-order valence-electron chi connectivity index (χ2n) is 5.96. The van der Waals surface area contributed by atoms with Crippen molar-refractivity contribution in [1.82, 2.24) is 5.32 Å². The van der Waals surface area contributed by atoms with Crippen molar-refractivity contribution in [1.29, 1.82) is 0 Å². The number of hydrogen-bond donors (Lipinski definition) is 2. The Balaban J connectivity index is 1.62. The van der Waals surface area contributed by atoms with Crippen molar-refractivity contribution in [2.45, 2.75) is 45.1 Å². The quantitative estimate of drug-likeness (QED) is 0.686. The third-order valence-corrected chi connectivity index (χ3v) is 4.26. The van der Waals surface area contributed by atoms with E-state index >= 15 is 0 Å². The van der Waals surface area contributed by atoms with E-state index in [2.05, 4.69) is 5.32 Å². The van der Waals surface area contributed by atoms with Gasteiger partial charge in [0.05, 0.1) is 13.2 Å². The van der Waals surface area contributed by atoms with Gasteiger partial charge in [-0.15, -0.1) is 0 Å². The van der Waals surface area contributed by atoms with Gasteiger partial charge in [0.1, 0.15) is 11.5 Å². The van der Waals surface area contributed by atoms with E-state index in [4.69, 9.17) is 15.2 Å². The van der Waals surface area contributed by atoms with Crippen molar-refractivity contribution < 1.29 is 14.3 Å². The lowest BCUT2D eigenvalue weighted by Crippen LogP contribution is -2.39. The topological polar surface area (TPSA) is 73.6 Å². The summed E-state index contributed by atoms with van der Waals surface area (Å²) in [7, 11) is 0. The highest BCUT2D eigenvalue weighted by Crippen LogP contribution is 2.24. The van der Waals surface area contributed by atoms with Gasteiger partial charge in [0.15, 0.2) is 0 Å². The summed E-state index contributed by atoms with van der Waals surface area (Å²) in [6.07, 6.45) is 4.54. The fraction of sp³-hybridized carbons (Fsp3) is 0.611. The number of amides is 1. The number of rotatable bonds is 9. The van der Waals surface area contributed by atoms with Crippen LogP contribution in [-0.2, 0) is 4.79 Å². The molecule has 1 aromatic carbocycles. The van der Waals surface area contributed by atoms with Crippen LogP contribution in [0.2, 0.25) is 0 Å². The normalized spacial score (nSPS) is 20.3. The average molecular weight is 320 g/mol. The minimum Gasteiger partial charge on any atom is -0.494 e. The second kappa shape index (κ2) is 9.40. The van der Waals surface area contributed by atoms with Crippen molar-refractivity contribution in [3.05, 3.63) is 24.3 Å². The minimum atomic E-state index is 0.102. The third kappa shape index (κ3) is 5.75. The minimum absolute atomic E-state index is 0.102. The molecule has 3 N–H and O–H groups in total. The summed E-state index contributed by atoms with van der Waals surface area (Å²) in [5.74, 6) is 2.18. The van der Waals surface area contributed by atoms with Crippen molar-refractivity contribution >= 4 is 5.91 Å². The van der Waals surface area contributed by atoms with Gasteiger partial charge in [-0.25, -0.2) is 0 Å². The molecule has 1 amide bonds. The Bertz CT molecular complexity index is 476. The smallest absolute Gasteiger partial charge is 0.220 e. The van der Waals surface area contributed by atoms with Crippen LogP contribution in [0.1, 0.15) is 39.0 Å². The Morgan fingerprint density at radius 3 is 2.57 bits per heavy atom. The van der Waals surface area contributed by atoms with Gasteiger partial charge in [0, 0.05) is 12.5 Å². The molecule has 1 fully saturated rings. The van der Waals surface area contributed by atoms with Gasteiger partial charge in [-0.1, -0.05) is 6.42 Å². The molecule has 2 unspecified atom stereocenters. The largest absolute Gasteiger partial charge is 0.494 e. The maximum absolute atomic E-state index is 12.0. The molecular formula is C18H28N2O3. The first-order valence-electron chi connectivity index (χ1n) is 8.58. The number of nitrogens with two attached hydrogens (primary N) is 1. The fourth-order valence-electron chi connectivity index (χ4n) is 3.01. The van der Waals surface area contributed by atoms with Crippen LogP contribution in [0.3, 0.4) is 0 Å². The van der Waals surface area contributed by atoms with E-state index in [9.17, 15) is 4.79 Å². The standard InChI is InChI=1S/C18H28N2O3/c1-2-22-15-8-10-16(11-9-15)23-12-4-7-18(21)20-17-6-3-5-14(17)13-19/h8-11,14,17H,2-7,12-13,19H2,1H3,(H,20,21). The SMILES string of the molecule is CCOc1ccc(OCCCC(=O)NC2CCCC2CN)cc1. The van der Waals surface area contributed by atoms with Crippen LogP contribution in [0.4, 0.5) is 0 Å². The summed E-state index contributed by atoms with van der Waals surface area (Å²) in [5.41, 5.74) is 5.74. The number of benzene rings is 1. The third-order valence-electron chi connectivity index (χ3n) is 4.26. The van der Waals surface area contributed by atoms with Crippen LogP contribution in [0.15, 0.2) is 24.3 Å². The van der Waals surface area contributed by atoms with Crippen LogP contribution >= 0.6 is 0 Å². The molecule has 2 rings (SSSR count). The Morgan fingerprint density at radius 2 is 1.91 bits per heavy atom. The summed E-state index contributed by atoms with van der Waals surface area (Å²) in [4.78, 5) is 12.0. The van der Waals surface area contributed by atoms with Crippen LogP contribution in [0.25, 0.3) is 0 Å². The molecule has 1 aliphatic carbocycles. The Morgan fingerprint density at radius 1 is 1.22 bits per heavy atom. The van der Waals surface area contributed by atoms with Gasteiger partial charge < -0.3 is 20.5 Å². The lowest BCUT2D eigenvalue weighted by atomic mass is 10.0. The van der Waals surface area contributed by atoms with E-state index in [-0.39, 0.29) is 11.9 Å².